The number of rotatable bonds is 6. The number of hydrogen-bond donors (Lipinski definition) is 3. The lowest BCUT2D eigenvalue weighted by Crippen LogP contribution is -2.39. The molecular weight excluding hydrogens is 452 g/mol. The summed E-state index contributed by atoms with van der Waals surface area (Å²) in [7, 11) is 0. The summed E-state index contributed by atoms with van der Waals surface area (Å²) in [6.45, 7) is 0.984. The molecule has 0 bridgehead atoms. The van der Waals surface area contributed by atoms with Gasteiger partial charge in [0.25, 0.3) is 0 Å². The minimum absolute atomic E-state index is 0.0494. The van der Waals surface area contributed by atoms with E-state index in [0.29, 0.717) is 18.8 Å². The molecule has 4 rings (SSSR count). The first kappa shape index (κ1) is 23.8. The zero-order valence-corrected chi connectivity index (χ0v) is 18.4. The summed E-state index contributed by atoms with van der Waals surface area (Å²) < 4.78 is 53.2. The molecule has 1 atom stereocenters. The van der Waals surface area contributed by atoms with Crippen molar-refractivity contribution in [3.05, 3.63) is 53.8 Å². The van der Waals surface area contributed by atoms with Crippen LogP contribution in [-0.4, -0.2) is 37.6 Å². The highest BCUT2D eigenvalue weighted by Gasteiger charge is 2.41. The average Bonchev–Trinajstić information content (AvgIpc) is 3.25. The van der Waals surface area contributed by atoms with Gasteiger partial charge in [0.05, 0.1) is 17.5 Å². The quantitative estimate of drug-likeness (QED) is 0.547. The molecule has 0 saturated carbocycles. The Morgan fingerprint density at radius 3 is 2.35 bits per heavy atom. The Labute approximate surface area is 194 Å². The van der Waals surface area contributed by atoms with Gasteiger partial charge in [-0.3, -0.25) is 9.59 Å². The van der Waals surface area contributed by atoms with Crippen molar-refractivity contribution >= 4 is 28.9 Å². The summed E-state index contributed by atoms with van der Waals surface area (Å²) in [6.07, 6.45) is -4.11. The molecule has 0 radical (unpaired) electrons. The van der Waals surface area contributed by atoms with Crippen LogP contribution in [0.1, 0.15) is 24.8 Å². The van der Waals surface area contributed by atoms with Gasteiger partial charge in [-0.25, -0.2) is 4.39 Å². The van der Waals surface area contributed by atoms with Gasteiger partial charge in [-0.2, -0.15) is 13.2 Å². The van der Waals surface area contributed by atoms with Gasteiger partial charge in [0, 0.05) is 44.0 Å². The molecule has 3 N–H and O–H groups in total. The third-order valence-electron chi connectivity index (χ3n) is 6.30. The van der Waals surface area contributed by atoms with Gasteiger partial charge < -0.3 is 20.9 Å². The van der Waals surface area contributed by atoms with Gasteiger partial charge in [0.2, 0.25) is 11.8 Å². The molecule has 0 aliphatic carbocycles. The molecule has 2 saturated heterocycles. The molecule has 34 heavy (non-hydrogen) atoms. The summed E-state index contributed by atoms with van der Waals surface area (Å²) >= 11 is 0. The maximum atomic E-state index is 14.4. The predicted molar refractivity (Wildman–Crippen MR) is 120 cm³/mol. The normalized spacial score (nSPS) is 19.1. The van der Waals surface area contributed by atoms with Crippen molar-refractivity contribution in [1.29, 1.82) is 0 Å². The van der Waals surface area contributed by atoms with E-state index >= 15 is 0 Å². The Kier molecular flexibility index (Phi) is 6.95. The van der Waals surface area contributed by atoms with Crippen molar-refractivity contribution in [3.8, 4) is 0 Å². The Balaban J connectivity index is 1.33. The van der Waals surface area contributed by atoms with E-state index in [4.69, 9.17) is 0 Å². The smallest absolute Gasteiger partial charge is 0.369 e. The van der Waals surface area contributed by atoms with E-state index in [1.165, 1.54) is 6.07 Å². The van der Waals surface area contributed by atoms with Crippen molar-refractivity contribution < 1.29 is 27.2 Å². The lowest BCUT2D eigenvalue weighted by atomic mass is 9.96. The number of amides is 2. The number of anilines is 3. The highest BCUT2D eigenvalue weighted by atomic mass is 19.4. The minimum atomic E-state index is -4.21. The van der Waals surface area contributed by atoms with E-state index in [1.54, 1.807) is 17.0 Å². The molecule has 2 aromatic carbocycles. The molecule has 182 valence electrons. The van der Waals surface area contributed by atoms with Crippen LogP contribution in [0.5, 0.6) is 0 Å². The van der Waals surface area contributed by atoms with Crippen LogP contribution < -0.4 is 20.9 Å². The first-order chi connectivity index (χ1) is 16.2. The van der Waals surface area contributed by atoms with Crippen LogP contribution in [0.15, 0.2) is 42.5 Å². The van der Waals surface area contributed by atoms with Crippen molar-refractivity contribution in [1.82, 2.24) is 10.6 Å². The summed E-state index contributed by atoms with van der Waals surface area (Å²) in [5, 5.41) is 8.64. The number of alkyl halides is 3. The van der Waals surface area contributed by atoms with Crippen LogP contribution in [0.25, 0.3) is 0 Å². The predicted octanol–water partition coefficient (Wildman–Crippen LogP) is 4.10. The number of carbonyl (C=O) groups is 2. The van der Waals surface area contributed by atoms with Crippen LogP contribution >= 0.6 is 0 Å². The molecule has 0 aromatic heterocycles. The molecular formula is C24H26F4N4O2. The molecule has 10 heteroatoms. The molecule has 2 aliphatic rings. The van der Waals surface area contributed by atoms with Crippen molar-refractivity contribution in [2.24, 2.45) is 11.8 Å². The highest BCUT2D eigenvalue weighted by Crippen LogP contribution is 2.36. The molecule has 2 aromatic rings. The molecule has 2 fully saturated rings. The van der Waals surface area contributed by atoms with E-state index in [1.807, 2.05) is 24.3 Å². The second kappa shape index (κ2) is 9.90. The monoisotopic (exact) mass is 478 g/mol. The number of nitrogens with zero attached hydrogens (tertiary/aromatic N) is 1. The SMILES string of the molecule is O=C1CC(C(=O)NCc2ccc(Nc3ccc(F)c(N4CCC(C(F)(F)F)CC4)c3)cc2)CN1. The maximum absolute atomic E-state index is 14.4. The zero-order chi connectivity index (χ0) is 24.3. The van der Waals surface area contributed by atoms with Crippen molar-refractivity contribution in [2.45, 2.75) is 32.0 Å². The fraction of sp³-hybridized carbons (Fsp3) is 0.417. The first-order valence-corrected chi connectivity index (χ1v) is 11.2. The zero-order valence-electron chi connectivity index (χ0n) is 18.4. The molecule has 2 heterocycles. The van der Waals surface area contributed by atoms with Crippen LogP contribution in [0.2, 0.25) is 0 Å². The van der Waals surface area contributed by atoms with Gasteiger partial charge in [-0.15, -0.1) is 0 Å². The van der Waals surface area contributed by atoms with E-state index in [2.05, 4.69) is 16.0 Å². The second-order valence-corrected chi connectivity index (χ2v) is 8.71. The van der Waals surface area contributed by atoms with E-state index in [-0.39, 0.29) is 55.8 Å². The van der Waals surface area contributed by atoms with Crippen LogP contribution in [0.3, 0.4) is 0 Å². The summed E-state index contributed by atoms with van der Waals surface area (Å²) in [4.78, 5) is 25.0. The third kappa shape index (κ3) is 5.78. The van der Waals surface area contributed by atoms with Gasteiger partial charge in [-0.05, 0) is 48.7 Å². The molecule has 1 unspecified atom stereocenters. The number of nitrogens with one attached hydrogen (secondary N) is 3. The molecule has 2 aliphatic heterocycles. The van der Waals surface area contributed by atoms with Gasteiger partial charge in [-0.1, -0.05) is 12.1 Å². The molecule has 2 amide bonds. The first-order valence-electron chi connectivity index (χ1n) is 11.2. The van der Waals surface area contributed by atoms with Crippen LogP contribution in [-0.2, 0) is 16.1 Å². The maximum Gasteiger partial charge on any atom is 0.391 e. The third-order valence-corrected chi connectivity index (χ3v) is 6.30. The largest absolute Gasteiger partial charge is 0.391 e. The van der Waals surface area contributed by atoms with E-state index in [9.17, 15) is 27.2 Å². The number of piperidine rings is 1. The van der Waals surface area contributed by atoms with E-state index < -0.39 is 17.9 Å². The Morgan fingerprint density at radius 1 is 1.06 bits per heavy atom. The minimum Gasteiger partial charge on any atom is -0.369 e. The Morgan fingerprint density at radius 2 is 1.74 bits per heavy atom. The standard InChI is InChI=1S/C24H26F4N4O2/c25-20-6-5-19(12-21(20)32-9-7-17(8-10-32)24(26,27)28)31-18-3-1-15(2-4-18)13-30-23(34)16-11-22(33)29-14-16/h1-6,12,16-17,31H,7-11,13-14H2,(H,29,33)(H,30,34). The lowest BCUT2D eigenvalue weighted by molar-refractivity contribution is -0.179. The number of benzene rings is 2. The van der Waals surface area contributed by atoms with Crippen molar-refractivity contribution in [3.63, 3.8) is 0 Å². The fourth-order valence-corrected chi connectivity index (χ4v) is 4.28. The van der Waals surface area contributed by atoms with E-state index in [0.717, 1.165) is 11.3 Å². The van der Waals surface area contributed by atoms with Gasteiger partial charge in [0.1, 0.15) is 5.82 Å². The molecule has 0 spiro atoms. The number of halogens is 4. The second-order valence-electron chi connectivity index (χ2n) is 8.71. The van der Waals surface area contributed by atoms with Crippen LogP contribution in [0, 0.1) is 17.7 Å². The topological polar surface area (TPSA) is 73.5 Å². The summed E-state index contributed by atoms with van der Waals surface area (Å²) in [5.74, 6) is -2.45. The fourth-order valence-electron chi connectivity index (χ4n) is 4.28. The average molecular weight is 478 g/mol. The molecule has 6 nitrogen and oxygen atoms in total. The summed E-state index contributed by atoms with van der Waals surface area (Å²) in [6, 6.07) is 11.8. The van der Waals surface area contributed by atoms with Crippen LogP contribution in [0.4, 0.5) is 34.6 Å². The highest BCUT2D eigenvalue weighted by molar-refractivity contribution is 5.89. The number of carbonyl (C=O) groups excluding carboxylic acids is 2. The van der Waals surface area contributed by atoms with Crippen molar-refractivity contribution in [2.75, 3.05) is 29.9 Å². The van der Waals surface area contributed by atoms with Gasteiger partial charge >= 0.3 is 6.18 Å². The number of hydrogen-bond acceptors (Lipinski definition) is 4. The van der Waals surface area contributed by atoms with Gasteiger partial charge in [0.15, 0.2) is 0 Å². The Hall–Kier alpha value is -3.30. The Bertz CT molecular complexity index is 1030. The lowest BCUT2D eigenvalue weighted by Gasteiger charge is -2.34. The summed E-state index contributed by atoms with van der Waals surface area (Å²) in [5.41, 5.74) is 2.52.